The number of nitrogens with one attached hydrogen (secondary N) is 2. The molecule has 6 nitrogen and oxygen atoms in total. The third-order valence-electron chi connectivity index (χ3n) is 4.46. The van der Waals surface area contributed by atoms with Gasteiger partial charge in [-0.3, -0.25) is 15.0 Å². The van der Waals surface area contributed by atoms with E-state index in [9.17, 15) is 9.59 Å². The largest absolute Gasteiger partial charge is 0.373 e. The van der Waals surface area contributed by atoms with E-state index in [4.69, 9.17) is 4.74 Å². The van der Waals surface area contributed by atoms with Gasteiger partial charge in [-0.25, -0.2) is 4.79 Å². The molecule has 126 valence electrons. The minimum atomic E-state index is -0.364. The predicted molar refractivity (Wildman–Crippen MR) is 84.6 cm³/mol. The minimum absolute atomic E-state index is 0.181. The van der Waals surface area contributed by atoms with Gasteiger partial charge in [0.15, 0.2) is 0 Å². The molecule has 1 saturated heterocycles. The molecule has 0 radical (unpaired) electrons. The van der Waals surface area contributed by atoms with Gasteiger partial charge in [-0.05, 0) is 33.6 Å². The highest BCUT2D eigenvalue weighted by molar-refractivity contribution is 5.95. The first-order valence-electron chi connectivity index (χ1n) is 8.34. The molecule has 0 spiro atoms. The summed E-state index contributed by atoms with van der Waals surface area (Å²) in [6.07, 6.45) is 5.56. The minimum Gasteiger partial charge on any atom is -0.373 e. The Balaban J connectivity index is 1.75. The van der Waals surface area contributed by atoms with E-state index in [2.05, 4.69) is 15.5 Å². The first kappa shape index (κ1) is 17.2. The van der Waals surface area contributed by atoms with Crippen molar-refractivity contribution in [1.82, 2.24) is 15.5 Å². The second kappa shape index (κ2) is 7.42. The highest BCUT2D eigenvalue weighted by Gasteiger charge is 2.32. The molecular weight excluding hydrogens is 282 g/mol. The van der Waals surface area contributed by atoms with Crippen molar-refractivity contribution < 1.29 is 14.3 Å². The Kier molecular flexibility index (Phi) is 5.81. The molecule has 1 aliphatic carbocycles. The maximum atomic E-state index is 12.1. The number of morpholine rings is 1. The molecule has 2 rings (SSSR count). The van der Waals surface area contributed by atoms with E-state index in [0.29, 0.717) is 13.2 Å². The summed E-state index contributed by atoms with van der Waals surface area (Å²) in [5.74, 6) is -0.252. The van der Waals surface area contributed by atoms with Gasteiger partial charge in [-0.2, -0.15) is 0 Å². The quantitative estimate of drug-likeness (QED) is 0.831. The lowest BCUT2D eigenvalue weighted by Gasteiger charge is -2.42. The summed E-state index contributed by atoms with van der Waals surface area (Å²) in [5, 5.41) is 5.35. The summed E-state index contributed by atoms with van der Waals surface area (Å²) < 4.78 is 5.72. The number of imide groups is 1. The van der Waals surface area contributed by atoms with Crippen LogP contribution in [0.4, 0.5) is 4.79 Å². The van der Waals surface area contributed by atoms with E-state index in [1.165, 1.54) is 6.42 Å². The molecule has 2 N–H and O–H groups in total. The lowest BCUT2D eigenvalue weighted by atomic mass is 9.96. The van der Waals surface area contributed by atoms with Gasteiger partial charge in [-0.15, -0.1) is 0 Å². The van der Waals surface area contributed by atoms with Gasteiger partial charge >= 0.3 is 6.03 Å². The fourth-order valence-corrected chi connectivity index (χ4v) is 3.17. The SMILES string of the molecule is C[C@H]1COC(C)(C)CN1CC(=O)NC(=O)NC1CCCCC1. The molecule has 2 fully saturated rings. The molecule has 1 atom stereocenters. The Labute approximate surface area is 132 Å². The fourth-order valence-electron chi connectivity index (χ4n) is 3.17. The van der Waals surface area contributed by atoms with Crippen molar-refractivity contribution in [2.24, 2.45) is 0 Å². The summed E-state index contributed by atoms with van der Waals surface area (Å²) >= 11 is 0. The van der Waals surface area contributed by atoms with E-state index < -0.39 is 0 Å². The molecular formula is C16H29N3O3. The summed E-state index contributed by atoms with van der Waals surface area (Å²) in [5.41, 5.74) is -0.253. The zero-order valence-electron chi connectivity index (χ0n) is 14.0. The number of carbonyl (C=O) groups is 2. The molecule has 3 amide bonds. The Bertz CT molecular complexity index is 405. The van der Waals surface area contributed by atoms with E-state index in [1.54, 1.807) is 0 Å². The molecule has 0 aromatic rings. The maximum absolute atomic E-state index is 12.1. The number of ether oxygens (including phenoxy) is 1. The van der Waals surface area contributed by atoms with Gasteiger partial charge in [0.05, 0.1) is 18.8 Å². The van der Waals surface area contributed by atoms with Gasteiger partial charge in [0, 0.05) is 18.6 Å². The summed E-state index contributed by atoms with van der Waals surface area (Å²) in [6, 6.07) is 0.0278. The van der Waals surface area contributed by atoms with E-state index in [0.717, 1.165) is 25.7 Å². The molecule has 22 heavy (non-hydrogen) atoms. The number of urea groups is 1. The molecule has 6 heteroatoms. The third-order valence-corrected chi connectivity index (χ3v) is 4.46. The normalized spacial score (nSPS) is 26.4. The Hall–Kier alpha value is -1.14. The van der Waals surface area contributed by atoms with Gasteiger partial charge in [-0.1, -0.05) is 19.3 Å². The van der Waals surface area contributed by atoms with Crippen LogP contribution >= 0.6 is 0 Å². The second-order valence-corrected chi connectivity index (χ2v) is 7.18. The number of hydrogen-bond acceptors (Lipinski definition) is 4. The van der Waals surface area contributed by atoms with Crippen LogP contribution < -0.4 is 10.6 Å². The number of amides is 3. The fraction of sp³-hybridized carbons (Fsp3) is 0.875. The van der Waals surface area contributed by atoms with Gasteiger partial charge in [0.1, 0.15) is 0 Å². The molecule has 1 heterocycles. The van der Waals surface area contributed by atoms with Crippen molar-refractivity contribution in [1.29, 1.82) is 0 Å². The van der Waals surface area contributed by atoms with Gasteiger partial charge in [0.2, 0.25) is 5.91 Å². The molecule has 0 unspecified atom stereocenters. The number of nitrogens with zero attached hydrogens (tertiary/aromatic N) is 1. The Morgan fingerprint density at radius 1 is 1.23 bits per heavy atom. The van der Waals surface area contributed by atoms with Crippen molar-refractivity contribution >= 4 is 11.9 Å². The van der Waals surface area contributed by atoms with Crippen LogP contribution in [0, 0.1) is 0 Å². The van der Waals surface area contributed by atoms with Crippen LogP contribution in [-0.4, -0.2) is 54.2 Å². The first-order chi connectivity index (χ1) is 10.4. The predicted octanol–water partition coefficient (Wildman–Crippen LogP) is 1.64. The molecule has 0 aromatic carbocycles. The Morgan fingerprint density at radius 2 is 1.91 bits per heavy atom. The van der Waals surface area contributed by atoms with Crippen LogP contribution in [0.3, 0.4) is 0 Å². The average Bonchev–Trinajstić information content (AvgIpc) is 2.43. The second-order valence-electron chi connectivity index (χ2n) is 7.18. The molecule has 0 aromatic heterocycles. The smallest absolute Gasteiger partial charge is 0.321 e. The van der Waals surface area contributed by atoms with Crippen molar-refractivity contribution in [2.75, 3.05) is 19.7 Å². The number of hydrogen-bond donors (Lipinski definition) is 2. The van der Waals surface area contributed by atoms with Crippen molar-refractivity contribution in [3.05, 3.63) is 0 Å². The molecule has 0 bridgehead atoms. The van der Waals surface area contributed by atoms with Crippen LogP contribution in [-0.2, 0) is 9.53 Å². The van der Waals surface area contributed by atoms with Gasteiger partial charge in [0.25, 0.3) is 0 Å². The lowest BCUT2D eigenvalue weighted by Crippen LogP contribution is -2.56. The van der Waals surface area contributed by atoms with Crippen LogP contribution in [0.5, 0.6) is 0 Å². The van der Waals surface area contributed by atoms with E-state index in [-0.39, 0.29) is 36.2 Å². The molecule has 1 saturated carbocycles. The monoisotopic (exact) mass is 311 g/mol. The topological polar surface area (TPSA) is 70.7 Å². The highest BCUT2D eigenvalue weighted by Crippen LogP contribution is 2.20. The van der Waals surface area contributed by atoms with Crippen molar-refractivity contribution in [3.8, 4) is 0 Å². The Morgan fingerprint density at radius 3 is 2.59 bits per heavy atom. The zero-order chi connectivity index (χ0) is 16.2. The van der Waals surface area contributed by atoms with Crippen LogP contribution in [0.2, 0.25) is 0 Å². The van der Waals surface area contributed by atoms with E-state index in [1.807, 2.05) is 20.8 Å². The van der Waals surface area contributed by atoms with Crippen LogP contribution in [0.1, 0.15) is 52.9 Å². The molecule has 2 aliphatic rings. The van der Waals surface area contributed by atoms with Crippen LogP contribution in [0.25, 0.3) is 0 Å². The van der Waals surface area contributed by atoms with Crippen molar-refractivity contribution in [2.45, 2.75) is 70.6 Å². The van der Waals surface area contributed by atoms with Gasteiger partial charge < -0.3 is 10.1 Å². The first-order valence-corrected chi connectivity index (χ1v) is 8.34. The summed E-state index contributed by atoms with van der Waals surface area (Å²) in [7, 11) is 0. The maximum Gasteiger partial charge on any atom is 0.321 e. The average molecular weight is 311 g/mol. The summed E-state index contributed by atoms with van der Waals surface area (Å²) in [4.78, 5) is 26.0. The zero-order valence-corrected chi connectivity index (χ0v) is 14.0. The number of carbonyl (C=O) groups excluding carboxylic acids is 2. The third kappa shape index (κ3) is 5.25. The summed E-state index contributed by atoms with van der Waals surface area (Å²) in [6.45, 7) is 7.58. The molecule has 1 aliphatic heterocycles. The lowest BCUT2D eigenvalue weighted by molar-refractivity contribution is -0.132. The number of rotatable bonds is 3. The van der Waals surface area contributed by atoms with Crippen LogP contribution in [0.15, 0.2) is 0 Å². The highest BCUT2D eigenvalue weighted by atomic mass is 16.5. The standard InChI is InChI=1S/C16H29N3O3/c1-12-10-22-16(2,3)11-19(12)9-14(20)18-15(21)17-13-7-5-4-6-8-13/h12-13H,4-11H2,1-3H3,(H2,17,18,20,21)/t12-/m0/s1. The van der Waals surface area contributed by atoms with Crippen molar-refractivity contribution in [3.63, 3.8) is 0 Å². The van der Waals surface area contributed by atoms with E-state index >= 15 is 0 Å².